The van der Waals surface area contributed by atoms with Gasteiger partial charge in [0.25, 0.3) is 0 Å². The second kappa shape index (κ2) is 8.70. The minimum atomic E-state index is -1.28. The summed E-state index contributed by atoms with van der Waals surface area (Å²) >= 11 is 0. The molecule has 0 atom stereocenters. The summed E-state index contributed by atoms with van der Waals surface area (Å²) in [5.74, 6) is -3.36. The molecule has 0 aromatic heterocycles. The van der Waals surface area contributed by atoms with Crippen LogP contribution < -0.4 is 0 Å². The molecule has 0 aliphatic rings. The molecule has 0 heterocycles. The maximum Gasteiger partial charge on any atom is 0.339 e. The van der Waals surface area contributed by atoms with Crippen LogP contribution in [0.2, 0.25) is 0 Å². The van der Waals surface area contributed by atoms with Crippen molar-refractivity contribution in [3.05, 3.63) is 82.9 Å². The molecule has 0 unspecified atom stereocenters. The maximum absolute atomic E-state index is 11.6. The van der Waals surface area contributed by atoms with Crippen molar-refractivity contribution >= 4 is 33.5 Å². The van der Waals surface area contributed by atoms with Crippen molar-refractivity contribution in [3.63, 3.8) is 0 Å². The van der Waals surface area contributed by atoms with Crippen LogP contribution in [-0.2, 0) is 6.42 Å². The number of hydrogen-bond donors (Lipinski definition) is 4. The van der Waals surface area contributed by atoms with Gasteiger partial charge in [0.15, 0.2) is 0 Å². The molecule has 4 rings (SSSR count). The van der Waals surface area contributed by atoms with Gasteiger partial charge in [0.2, 0.25) is 0 Å². The molecule has 4 aromatic carbocycles. The van der Waals surface area contributed by atoms with E-state index in [1.165, 1.54) is 12.1 Å². The van der Waals surface area contributed by atoms with Crippen molar-refractivity contribution < 1.29 is 41.0 Å². The number of rotatable bonds is 4. The monoisotopic (exact) mass is 424 g/mol. The molecule has 8 heteroatoms. The van der Waals surface area contributed by atoms with Crippen LogP contribution in [0.4, 0.5) is 0 Å². The van der Waals surface area contributed by atoms with Gasteiger partial charge in [-0.15, -0.1) is 0 Å². The third kappa shape index (κ3) is 3.85. The fourth-order valence-electron chi connectivity index (χ4n) is 3.68. The van der Waals surface area contributed by atoms with E-state index in [9.17, 15) is 30.0 Å². The quantitative estimate of drug-likeness (QED) is 0.391. The Morgan fingerprint density at radius 2 is 1.00 bits per heavy atom. The summed E-state index contributed by atoms with van der Waals surface area (Å²) in [7, 11) is 0. The maximum atomic E-state index is 11.6. The van der Waals surface area contributed by atoms with E-state index >= 15 is 0 Å². The molecule has 8 N–H and O–H groups in total. The Labute approximate surface area is 175 Å². The van der Waals surface area contributed by atoms with Crippen molar-refractivity contribution in [2.24, 2.45) is 0 Å². The fraction of sp³-hybridized carbons (Fsp3) is 0.0435. The van der Waals surface area contributed by atoms with Crippen molar-refractivity contribution in [1.29, 1.82) is 0 Å². The van der Waals surface area contributed by atoms with Crippen molar-refractivity contribution in [1.82, 2.24) is 0 Å². The lowest BCUT2D eigenvalue weighted by molar-refractivity contribution is 0.0682. The molecule has 0 bridgehead atoms. The molecule has 0 saturated heterocycles. The molecular formula is C23H20O8. The predicted molar refractivity (Wildman–Crippen MR) is 115 cm³/mol. The second-order valence-corrected chi connectivity index (χ2v) is 6.73. The third-order valence-electron chi connectivity index (χ3n) is 5.07. The van der Waals surface area contributed by atoms with Crippen LogP contribution in [0, 0.1) is 0 Å². The normalized spacial score (nSPS) is 10.3. The van der Waals surface area contributed by atoms with Gasteiger partial charge >= 0.3 is 11.9 Å². The number of carbonyl (C=O) groups is 2. The van der Waals surface area contributed by atoms with Crippen LogP contribution in [0.25, 0.3) is 21.5 Å². The van der Waals surface area contributed by atoms with Crippen LogP contribution in [0.3, 0.4) is 0 Å². The van der Waals surface area contributed by atoms with E-state index in [1.807, 2.05) is 0 Å². The van der Waals surface area contributed by atoms with Crippen LogP contribution in [0.1, 0.15) is 31.8 Å². The highest BCUT2D eigenvalue weighted by molar-refractivity contribution is 6.02. The summed E-state index contributed by atoms with van der Waals surface area (Å²) in [4.78, 5) is 23.2. The van der Waals surface area contributed by atoms with Crippen LogP contribution in [0.15, 0.2) is 60.7 Å². The number of carboxylic acid groups (broad SMARTS) is 2. The highest BCUT2D eigenvalue weighted by Gasteiger charge is 2.22. The van der Waals surface area contributed by atoms with Crippen LogP contribution >= 0.6 is 0 Å². The van der Waals surface area contributed by atoms with Gasteiger partial charge in [0.1, 0.15) is 22.6 Å². The first-order chi connectivity index (χ1) is 13.9. The second-order valence-electron chi connectivity index (χ2n) is 6.73. The Balaban J connectivity index is 0.00000171. The number of aromatic carboxylic acids is 2. The first-order valence-corrected chi connectivity index (χ1v) is 8.82. The van der Waals surface area contributed by atoms with Crippen molar-refractivity contribution in [2.75, 3.05) is 0 Å². The van der Waals surface area contributed by atoms with E-state index in [-0.39, 0.29) is 28.5 Å². The molecule has 0 fully saturated rings. The summed E-state index contributed by atoms with van der Waals surface area (Å²) in [6.07, 6.45) is -0.0407. The van der Waals surface area contributed by atoms with Gasteiger partial charge in [0.05, 0.1) is 0 Å². The molecule has 160 valence electrons. The van der Waals surface area contributed by atoms with E-state index < -0.39 is 23.4 Å². The van der Waals surface area contributed by atoms with Crippen molar-refractivity contribution in [2.45, 2.75) is 6.42 Å². The average molecular weight is 424 g/mol. The number of hydrogen-bond acceptors (Lipinski definition) is 4. The Morgan fingerprint density at radius 1 is 0.645 bits per heavy atom. The smallest absolute Gasteiger partial charge is 0.339 e. The largest absolute Gasteiger partial charge is 0.507 e. The number of aromatic hydroxyl groups is 2. The SMILES string of the molecule is O.O.O=C(O)c1cc2ccccc2c(Cc2c(O)c(C(=O)O)cc3ccccc23)c1O. The van der Waals surface area contributed by atoms with E-state index in [0.717, 1.165) is 0 Å². The van der Waals surface area contributed by atoms with E-state index in [4.69, 9.17) is 0 Å². The minimum absolute atomic E-state index is 0. The van der Waals surface area contributed by atoms with Gasteiger partial charge < -0.3 is 31.4 Å². The Kier molecular flexibility index (Phi) is 6.49. The van der Waals surface area contributed by atoms with Crippen LogP contribution in [-0.4, -0.2) is 43.3 Å². The topological polar surface area (TPSA) is 178 Å². The molecule has 0 aliphatic carbocycles. The number of phenols is 2. The first-order valence-electron chi connectivity index (χ1n) is 8.82. The first kappa shape index (κ1) is 23.1. The summed E-state index contributed by atoms with van der Waals surface area (Å²) < 4.78 is 0. The number of benzene rings is 4. The third-order valence-corrected chi connectivity index (χ3v) is 5.07. The molecular weight excluding hydrogens is 404 g/mol. The van der Waals surface area contributed by atoms with E-state index in [0.29, 0.717) is 32.7 Å². The number of fused-ring (bicyclic) bond motifs is 2. The standard InChI is InChI=1S/C23H16O6.2H2O/c24-20-16(14-7-3-1-5-12(14)9-18(20)22(26)27)11-17-15-8-4-2-6-13(15)10-19(21(17)25)23(28)29;;/h1-10,24-25H,11H2,(H,26,27)(H,28,29);2*1H2. The predicted octanol–water partition coefficient (Wildman–Crippen LogP) is 2.74. The summed E-state index contributed by atoms with van der Waals surface area (Å²) in [6.45, 7) is 0. The molecule has 31 heavy (non-hydrogen) atoms. The molecule has 0 amide bonds. The zero-order valence-electron chi connectivity index (χ0n) is 16.1. The molecule has 8 nitrogen and oxygen atoms in total. The summed E-state index contributed by atoms with van der Waals surface area (Å²) in [5.41, 5.74) is 0.112. The molecule has 0 aliphatic heterocycles. The zero-order valence-corrected chi connectivity index (χ0v) is 16.1. The number of carboxylic acids is 2. The lowest BCUT2D eigenvalue weighted by Crippen LogP contribution is -2.04. The van der Waals surface area contributed by atoms with Gasteiger partial charge in [0, 0.05) is 17.5 Å². The molecule has 4 aromatic rings. The highest BCUT2D eigenvalue weighted by atomic mass is 16.4. The zero-order chi connectivity index (χ0) is 20.7. The molecule has 0 spiro atoms. The van der Waals surface area contributed by atoms with Gasteiger partial charge in [-0.05, 0) is 33.7 Å². The summed E-state index contributed by atoms with van der Waals surface area (Å²) in [6, 6.07) is 16.8. The molecule has 0 saturated carbocycles. The molecule has 0 radical (unpaired) electrons. The van der Waals surface area contributed by atoms with E-state index in [2.05, 4.69) is 0 Å². The lowest BCUT2D eigenvalue weighted by Gasteiger charge is -2.16. The fourth-order valence-corrected chi connectivity index (χ4v) is 3.68. The van der Waals surface area contributed by atoms with Crippen molar-refractivity contribution in [3.8, 4) is 11.5 Å². The van der Waals surface area contributed by atoms with Gasteiger partial charge in [-0.2, -0.15) is 0 Å². The average Bonchev–Trinajstić information content (AvgIpc) is 2.70. The Bertz CT molecular complexity index is 1210. The Morgan fingerprint density at radius 3 is 1.35 bits per heavy atom. The van der Waals surface area contributed by atoms with Gasteiger partial charge in [-0.1, -0.05) is 48.5 Å². The van der Waals surface area contributed by atoms with Gasteiger partial charge in [-0.25, -0.2) is 9.59 Å². The summed E-state index contributed by atoms with van der Waals surface area (Å²) in [5, 5.41) is 42.8. The van der Waals surface area contributed by atoms with Gasteiger partial charge in [-0.3, -0.25) is 0 Å². The lowest BCUT2D eigenvalue weighted by atomic mass is 9.90. The highest BCUT2D eigenvalue weighted by Crippen LogP contribution is 2.38. The van der Waals surface area contributed by atoms with E-state index in [1.54, 1.807) is 48.5 Å². The minimum Gasteiger partial charge on any atom is -0.507 e. The Hall–Kier alpha value is -4.14. The van der Waals surface area contributed by atoms with Crippen LogP contribution in [0.5, 0.6) is 11.5 Å².